The first-order chi connectivity index (χ1) is 8.94. The molecule has 0 aliphatic carbocycles. The van der Waals surface area contributed by atoms with E-state index in [-0.39, 0.29) is 18.0 Å². The molecule has 0 aliphatic heterocycles. The van der Waals surface area contributed by atoms with Crippen LogP contribution < -0.4 is 9.47 Å². The third-order valence-electron chi connectivity index (χ3n) is 2.04. The molecule has 104 valence electrons. The first-order valence-electron chi connectivity index (χ1n) is 5.60. The van der Waals surface area contributed by atoms with E-state index in [1.54, 1.807) is 25.3 Å². The molecular formula is C14H18O5. The minimum Gasteiger partial charge on any atom is -0.493 e. The normalized spacial score (nSPS) is 8.84. The van der Waals surface area contributed by atoms with E-state index in [1.807, 2.05) is 0 Å². The van der Waals surface area contributed by atoms with Gasteiger partial charge >= 0.3 is 0 Å². The van der Waals surface area contributed by atoms with E-state index >= 15 is 0 Å². The van der Waals surface area contributed by atoms with Crippen LogP contribution in [0.25, 0.3) is 0 Å². The Hall–Kier alpha value is -2.17. The number of carbonyl (C=O) groups excluding carboxylic acids is 3. The highest BCUT2D eigenvalue weighted by atomic mass is 16.5. The predicted molar refractivity (Wildman–Crippen MR) is 70.9 cm³/mol. The van der Waals surface area contributed by atoms with Crippen molar-refractivity contribution in [1.29, 1.82) is 0 Å². The lowest BCUT2D eigenvalue weighted by Crippen LogP contribution is -1.97. The largest absolute Gasteiger partial charge is 0.493 e. The van der Waals surface area contributed by atoms with Crippen LogP contribution in [-0.4, -0.2) is 32.1 Å². The van der Waals surface area contributed by atoms with Gasteiger partial charge in [0.2, 0.25) is 0 Å². The molecule has 5 heteroatoms. The molecule has 5 nitrogen and oxygen atoms in total. The van der Waals surface area contributed by atoms with Crippen LogP contribution in [0.3, 0.4) is 0 Å². The van der Waals surface area contributed by atoms with Crippen molar-refractivity contribution in [2.24, 2.45) is 0 Å². The van der Waals surface area contributed by atoms with E-state index in [0.717, 1.165) is 6.29 Å². The predicted octanol–water partition coefficient (Wildman–Crippen LogP) is 2.07. The fourth-order valence-corrected chi connectivity index (χ4v) is 1.28. The van der Waals surface area contributed by atoms with Crippen molar-refractivity contribution in [3.05, 3.63) is 23.8 Å². The molecule has 0 saturated carbocycles. The van der Waals surface area contributed by atoms with E-state index in [1.165, 1.54) is 21.0 Å². The van der Waals surface area contributed by atoms with Crippen LogP contribution in [-0.2, 0) is 9.59 Å². The summed E-state index contributed by atoms with van der Waals surface area (Å²) in [5.41, 5.74) is 0.577. The summed E-state index contributed by atoms with van der Waals surface area (Å²) in [4.78, 5) is 30.4. The number of ketones is 2. The standard InChI is InChI=1S/C9H10O3.C5H8O2/c1-11-8-4-3-7(6-10)5-9(8)12-2;1-4(6)3-5(2)7/h3-6H,1-2H3;3H2,1-2H3. The van der Waals surface area contributed by atoms with Crippen molar-refractivity contribution >= 4 is 17.9 Å². The number of hydrogen-bond acceptors (Lipinski definition) is 5. The second-order valence-electron chi connectivity index (χ2n) is 3.81. The van der Waals surface area contributed by atoms with Crippen LogP contribution in [0, 0.1) is 0 Å². The summed E-state index contributed by atoms with van der Waals surface area (Å²) in [6.45, 7) is 2.81. The summed E-state index contributed by atoms with van der Waals surface area (Å²) < 4.78 is 9.99. The summed E-state index contributed by atoms with van der Waals surface area (Å²) in [6, 6.07) is 5.00. The van der Waals surface area contributed by atoms with Crippen LogP contribution in [0.4, 0.5) is 0 Å². The van der Waals surface area contributed by atoms with Gasteiger partial charge in [0.1, 0.15) is 17.9 Å². The van der Waals surface area contributed by atoms with Gasteiger partial charge in [-0.3, -0.25) is 14.4 Å². The van der Waals surface area contributed by atoms with Crippen molar-refractivity contribution in [2.75, 3.05) is 14.2 Å². The second kappa shape index (κ2) is 8.85. The van der Waals surface area contributed by atoms with Gasteiger partial charge in [-0.05, 0) is 32.0 Å². The molecule has 19 heavy (non-hydrogen) atoms. The maximum absolute atomic E-state index is 10.4. The summed E-state index contributed by atoms with van der Waals surface area (Å²) in [7, 11) is 3.09. The number of Topliss-reactive ketones (excluding diaryl/α,β-unsaturated/α-hetero) is 2. The molecule has 0 bridgehead atoms. The fourth-order valence-electron chi connectivity index (χ4n) is 1.28. The molecule has 0 N–H and O–H groups in total. The van der Waals surface area contributed by atoms with Gasteiger partial charge in [-0.1, -0.05) is 0 Å². The summed E-state index contributed by atoms with van der Waals surface area (Å²) in [5, 5.41) is 0. The minimum atomic E-state index is -0.0625. The first-order valence-corrected chi connectivity index (χ1v) is 5.60. The number of rotatable bonds is 5. The molecule has 0 unspecified atom stereocenters. The average Bonchev–Trinajstić information content (AvgIpc) is 2.36. The van der Waals surface area contributed by atoms with Gasteiger partial charge in [0.15, 0.2) is 11.5 Å². The molecule has 1 aromatic rings. The molecule has 0 saturated heterocycles. The van der Waals surface area contributed by atoms with Gasteiger partial charge in [-0.2, -0.15) is 0 Å². The molecule has 0 heterocycles. The highest BCUT2D eigenvalue weighted by molar-refractivity contribution is 5.96. The Kier molecular flexibility index (Phi) is 7.84. The monoisotopic (exact) mass is 266 g/mol. The van der Waals surface area contributed by atoms with Crippen molar-refractivity contribution in [1.82, 2.24) is 0 Å². The Labute approximate surface area is 112 Å². The molecule has 0 amide bonds. The Bertz CT molecular complexity index is 439. The van der Waals surface area contributed by atoms with E-state index in [4.69, 9.17) is 9.47 Å². The Morgan fingerprint density at radius 2 is 1.58 bits per heavy atom. The molecule has 0 radical (unpaired) electrons. The lowest BCUT2D eigenvalue weighted by atomic mass is 10.2. The molecule has 1 rings (SSSR count). The lowest BCUT2D eigenvalue weighted by Gasteiger charge is -2.06. The van der Waals surface area contributed by atoms with Gasteiger partial charge in [0, 0.05) is 5.56 Å². The Morgan fingerprint density at radius 1 is 1.05 bits per heavy atom. The van der Waals surface area contributed by atoms with Crippen molar-refractivity contribution in [3.8, 4) is 11.5 Å². The van der Waals surface area contributed by atoms with E-state index < -0.39 is 0 Å². The number of aldehydes is 1. The number of methoxy groups -OCH3 is 2. The average molecular weight is 266 g/mol. The number of carbonyl (C=O) groups is 3. The Morgan fingerprint density at radius 3 is 1.89 bits per heavy atom. The van der Waals surface area contributed by atoms with Gasteiger partial charge in [-0.15, -0.1) is 0 Å². The van der Waals surface area contributed by atoms with Crippen LogP contribution in [0.5, 0.6) is 11.5 Å². The molecular weight excluding hydrogens is 248 g/mol. The van der Waals surface area contributed by atoms with Gasteiger partial charge < -0.3 is 9.47 Å². The zero-order valence-corrected chi connectivity index (χ0v) is 11.6. The zero-order chi connectivity index (χ0) is 14.8. The third-order valence-corrected chi connectivity index (χ3v) is 2.04. The van der Waals surface area contributed by atoms with Gasteiger partial charge in [-0.25, -0.2) is 0 Å². The quantitative estimate of drug-likeness (QED) is 0.602. The molecule has 0 fully saturated rings. The molecule has 0 aromatic heterocycles. The fraction of sp³-hybridized carbons (Fsp3) is 0.357. The zero-order valence-electron chi connectivity index (χ0n) is 11.6. The molecule has 0 atom stereocenters. The van der Waals surface area contributed by atoms with E-state index in [9.17, 15) is 14.4 Å². The highest BCUT2D eigenvalue weighted by Crippen LogP contribution is 2.26. The number of benzene rings is 1. The van der Waals surface area contributed by atoms with E-state index in [2.05, 4.69) is 0 Å². The van der Waals surface area contributed by atoms with Crippen molar-refractivity contribution in [3.63, 3.8) is 0 Å². The number of ether oxygens (including phenoxy) is 2. The van der Waals surface area contributed by atoms with E-state index in [0.29, 0.717) is 17.1 Å². The highest BCUT2D eigenvalue weighted by Gasteiger charge is 2.02. The lowest BCUT2D eigenvalue weighted by molar-refractivity contribution is -0.124. The molecule has 1 aromatic carbocycles. The van der Waals surface area contributed by atoms with Gasteiger partial charge in [0.25, 0.3) is 0 Å². The topological polar surface area (TPSA) is 69.7 Å². The Balaban J connectivity index is 0.000000399. The van der Waals surface area contributed by atoms with Gasteiger partial charge in [0.05, 0.1) is 20.6 Å². The molecule has 0 aliphatic rings. The summed E-state index contributed by atoms with van der Waals surface area (Å²) in [6.07, 6.45) is 0.849. The van der Waals surface area contributed by atoms with Crippen LogP contribution in [0.1, 0.15) is 30.6 Å². The second-order valence-corrected chi connectivity index (χ2v) is 3.81. The SMILES string of the molecule is CC(=O)CC(C)=O.COc1ccc(C=O)cc1OC. The first kappa shape index (κ1) is 16.8. The van der Waals surface area contributed by atoms with Crippen molar-refractivity contribution < 1.29 is 23.9 Å². The number of hydrogen-bond donors (Lipinski definition) is 0. The van der Waals surface area contributed by atoms with Crippen LogP contribution in [0.2, 0.25) is 0 Å². The smallest absolute Gasteiger partial charge is 0.161 e. The van der Waals surface area contributed by atoms with Crippen molar-refractivity contribution in [2.45, 2.75) is 20.3 Å². The minimum absolute atomic E-state index is 0.0625. The maximum atomic E-state index is 10.4. The molecule has 0 spiro atoms. The maximum Gasteiger partial charge on any atom is 0.161 e. The summed E-state index contributed by atoms with van der Waals surface area (Å²) in [5.74, 6) is 1.07. The summed E-state index contributed by atoms with van der Waals surface area (Å²) >= 11 is 0. The van der Waals surface area contributed by atoms with Crippen LogP contribution >= 0.6 is 0 Å². The van der Waals surface area contributed by atoms with Crippen LogP contribution in [0.15, 0.2) is 18.2 Å². The third kappa shape index (κ3) is 6.98.